The van der Waals surface area contributed by atoms with Gasteiger partial charge in [-0.2, -0.15) is 0 Å². The number of unbranched alkanes of at least 4 members (excludes halogenated alkanes) is 10. The highest BCUT2D eigenvalue weighted by molar-refractivity contribution is 5.83. The van der Waals surface area contributed by atoms with E-state index in [2.05, 4.69) is 79.5 Å². The molecule has 0 spiro atoms. The third kappa shape index (κ3) is 6.80. The van der Waals surface area contributed by atoms with Crippen LogP contribution in [-0.4, -0.2) is 9.97 Å². The van der Waals surface area contributed by atoms with Gasteiger partial charge in [-0.1, -0.05) is 139 Å². The minimum atomic E-state index is 0.0933. The van der Waals surface area contributed by atoms with E-state index in [0.717, 1.165) is 17.1 Å². The minimum Gasteiger partial charge on any atom is -0.255 e. The zero-order valence-electron chi connectivity index (χ0n) is 25.4. The van der Waals surface area contributed by atoms with Gasteiger partial charge >= 0.3 is 0 Å². The second kappa shape index (κ2) is 14.6. The molecule has 0 atom stereocenters. The number of benzene rings is 2. The Morgan fingerprint density at radius 2 is 1.12 bits per heavy atom. The van der Waals surface area contributed by atoms with Gasteiger partial charge in [-0.25, -0.2) is 4.98 Å². The van der Waals surface area contributed by atoms with Gasteiger partial charge in [-0.15, -0.1) is 0 Å². The molecule has 2 nitrogen and oxygen atoms in total. The van der Waals surface area contributed by atoms with E-state index in [1.807, 2.05) is 24.4 Å². The summed E-state index contributed by atoms with van der Waals surface area (Å²) < 4.78 is 0. The molecule has 0 fully saturated rings. The van der Waals surface area contributed by atoms with Crippen LogP contribution in [0.4, 0.5) is 0 Å². The highest BCUT2D eigenvalue weighted by atomic mass is 14.8. The lowest BCUT2D eigenvalue weighted by atomic mass is 9.70. The summed E-state index contributed by atoms with van der Waals surface area (Å²) in [6, 6.07) is 28.8. The third-order valence-electron chi connectivity index (χ3n) is 9.15. The molecule has 1 aliphatic rings. The number of aromatic nitrogens is 2. The number of hydrogen-bond donors (Lipinski definition) is 0. The SMILES string of the molecule is CCCCCCCCC1(CCCCCCCC)c2ccccc2-c2ccc(-c3cccc(-c4ccccn4)n3)cc21. The average Bonchev–Trinajstić information content (AvgIpc) is 3.30. The molecule has 0 N–H and O–H groups in total. The van der Waals surface area contributed by atoms with Crippen LogP contribution in [0.15, 0.2) is 85.1 Å². The molecular weight excluding hydrogens is 496 g/mol. The Kier molecular flexibility index (Phi) is 10.4. The van der Waals surface area contributed by atoms with E-state index in [4.69, 9.17) is 4.98 Å². The zero-order valence-corrected chi connectivity index (χ0v) is 25.4. The molecule has 2 aromatic carbocycles. The van der Waals surface area contributed by atoms with Crippen molar-refractivity contribution < 1.29 is 0 Å². The highest BCUT2D eigenvalue weighted by Gasteiger charge is 2.42. The number of pyridine rings is 2. The van der Waals surface area contributed by atoms with Crippen LogP contribution in [0.2, 0.25) is 0 Å². The molecule has 0 radical (unpaired) electrons. The quantitative estimate of drug-likeness (QED) is 0.131. The predicted octanol–water partition coefficient (Wildman–Crippen LogP) is 11.6. The first-order valence-corrected chi connectivity index (χ1v) is 16.4. The Morgan fingerprint density at radius 1 is 0.512 bits per heavy atom. The van der Waals surface area contributed by atoms with Crippen LogP contribution in [-0.2, 0) is 5.41 Å². The van der Waals surface area contributed by atoms with Gasteiger partial charge in [-0.3, -0.25) is 4.98 Å². The molecule has 1 aliphatic carbocycles. The summed E-state index contributed by atoms with van der Waals surface area (Å²) in [5.41, 5.74) is 10.2. The molecule has 0 bridgehead atoms. The summed E-state index contributed by atoms with van der Waals surface area (Å²) in [6.45, 7) is 4.61. The van der Waals surface area contributed by atoms with Gasteiger partial charge in [0.2, 0.25) is 0 Å². The predicted molar refractivity (Wildman–Crippen MR) is 175 cm³/mol. The van der Waals surface area contributed by atoms with Crippen molar-refractivity contribution >= 4 is 0 Å². The van der Waals surface area contributed by atoms with Gasteiger partial charge in [0, 0.05) is 17.2 Å². The number of fused-ring (bicyclic) bond motifs is 3. The summed E-state index contributed by atoms with van der Waals surface area (Å²) in [7, 11) is 0. The third-order valence-corrected chi connectivity index (χ3v) is 9.15. The Balaban J connectivity index is 1.49. The fourth-order valence-electron chi connectivity index (χ4n) is 6.95. The van der Waals surface area contributed by atoms with Gasteiger partial charge in [0.1, 0.15) is 0 Å². The Bertz CT molecular complexity index is 1360. The van der Waals surface area contributed by atoms with E-state index in [0.29, 0.717) is 0 Å². The molecule has 2 heteroatoms. The fourth-order valence-corrected chi connectivity index (χ4v) is 6.95. The normalized spacial score (nSPS) is 13.2. The van der Waals surface area contributed by atoms with Gasteiger partial charge < -0.3 is 0 Å². The highest BCUT2D eigenvalue weighted by Crippen LogP contribution is 2.54. The molecule has 0 saturated carbocycles. The van der Waals surface area contributed by atoms with Crippen LogP contribution < -0.4 is 0 Å². The molecule has 2 heterocycles. The van der Waals surface area contributed by atoms with Gasteiger partial charge in [0.25, 0.3) is 0 Å². The summed E-state index contributed by atoms with van der Waals surface area (Å²) in [5.74, 6) is 0. The number of rotatable bonds is 16. The van der Waals surface area contributed by atoms with Crippen molar-refractivity contribution in [3.63, 3.8) is 0 Å². The van der Waals surface area contributed by atoms with Crippen molar-refractivity contribution in [3.8, 4) is 33.8 Å². The van der Waals surface area contributed by atoms with Crippen molar-refractivity contribution in [2.45, 2.75) is 109 Å². The average molecular weight is 545 g/mol. The van der Waals surface area contributed by atoms with Gasteiger partial charge in [-0.05, 0) is 65.4 Å². The first-order chi connectivity index (χ1) is 20.3. The van der Waals surface area contributed by atoms with Crippen molar-refractivity contribution in [3.05, 3.63) is 96.2 Å². The van der Waals surface area contributed by atoms with Crippen LogP contribution in [0.3, 0.4) is 0 Å². The Morgan fingerprint density at radius 3 is 1.83 bits per heavy atom. The van der Waals surface area contributed by atoms with E-state index in [1.54, 1.807) is 5.56 Å². The molecule has 4 aromatic rings. The molecule has 0 saturated heterocycles. The van der Waals surface area contributed by atoms with Crippen LogP contribution in [0, 0.1) is 0 Å². The Labute approximate surface area is 248 Å². The molecule has 0 aliphatic heterocycles. The molecular formula is C39H48N2. The van der Waals surface area contributed by atoms with E-state index >= 15 is 0 Å². The maximum Gasteiger partial charge on any atom is 0.0893 e. The van der Waals surface area contributed by atoms with Gasteiger partial charge in [0.05, 0.1) is 17.1 Å². The monoisotopic (exact) mass is 544 g/mol. The van der Waals surface area contributed by atoms with Crippen molar-refractivity contribution in [2.24, 2.45) is 0 Å². The van der Waals surface area contributed by atoms with Crippen molar-refractivity contribution in [1.29, 1.82) is 0 Å². The number of nitrogens with zero attached hydrogens (tertiary/aromatic N) is 2. The van der Waals surface area contributed by atoms with Crippen molar-refractivity contribution in [1.82, 2.24) is 9.97 Å². The lowest BCUT2D eigenvalue weighted by Gasteiger charge is -2.33. The zero-order chi connectivity index (χ0) is 28.3. The van der Waals surface area contributed by atoms with Crippen LogP contribution in [0.5, 0.6) is 0 Å². The van der Waals surface area contributed by atoms with E-state index < -0.39 is 0 Å². The molecule has 41 heavy (non-hydrogen) atoms. The molecule has 0 amide bonds. The molecule has 0 unspecified atom stereocenters. The van der Waals surface area contributed by atoms with E-state index in [-0.39, 0.29) is 5.41 Å². The Hall–Kier alpha value is -3.26. The molecule has 5 rings (SSSR count). The maximum atomic E-state index is 5.08. The van der Waals surface area contributed by atoms with E-state index in [1.165, 1.54) is 112 Å². The first kappa shape index (κ1) is 29.2. The van der Waals surface area contributed by atoms with Crippen LogP contribution >= 0.6 is 0 Å². The minimum absolute atomic E-state index is 0.0933. The summed E-state index contributed by atoms with van der Waals surface area (Å²) >= 11 is 0. The van der Waals surface area contributed by atoms with Crippen LogP contribution in [0.25, 0.3) is 33.8 Å². The standard InChI is InChI=1S/C39H48N2/c1-3-5-7-9-11-16-27-39(28-17-12-10-8-6-4-2)34-21-14-13-20-32(34)33-26-25-31(30-35(33)39)36-23-19-24-38(41-36)37-22-15-18-29-40-37/h13-15,18-26,29-30H,3-12,16-17,27-28H2,1-2H3. The second-order valence-electron chi connectivity index (χ2n) is 12.0. The smallest absolute Gasteiger partial charge is 0.0893 e. The second-order valence-corrected chi connectivity index (χ2v) is 12.0. The van der Waals surface area contributed by atoms with Gasteiger partial charge in [0.15, 0.2) is 0 Å². The van der Waals surface area contributed by atoms with Crippen LogP contribution in [0.1, 0.15) is 115 Å². The maximum absolute atomic E-state index is 5.08. The molecule has 2 aromatic heterocycles. The van der Waals surface area contributed by atoms with Crippen molar-refractivity contribution in [2.75, 3.05) is 0 Å². The lowest BCUT2D eigenvalue weighted by molar-refractivity contribution is 0.398. The topological polar surface area (TPSA) is 25.8 Å². The lowest BCUT2D eigenvalue weighted by Crippen LogP contribution is -2.25. The number of hydrogen-bond acceptors (Lipinski definition) is 2. The first-order valence-electron chi connectivity index (χ1n) is 16.4. The largest absolute Gasteiger partial charge is 0.255 e. The summed E-state index contributed by atoms with van der Waals surface area (Å²) in [4.78, 5) is 9.63. The molecule has 214 valence electrons. The summed E-state index contributed by atoms with van der Waals surface area (Å²) in [5, 5.41) is 0. The fraction of sp³-hybridized carbons (Fsp3) is 0.436. The summed E-state index contributed by atoms with van der Waals surface area (Å²) in [6.07, 6.45) is 20.4. The van der Waals surface area contributed by atoms with E-state index in [9.17, 15) is 0 Å².